The third-order valence-corrected chi connectivity index (χ3v) is 3.64. The van der Waals surface area contributed by atoms with Crippen LogP contribution in [0.1, 0.15) is 19.4 Å². The average Bonchev–Trinajstić information content (AvgIpc) is 2.93. The molecule has 1 heterocycles. The number of benzene rings is 2. The number of fused-ring (bicyclic) bond motifs is 1. The summed E-state index contributed by atoms with van der Waals surface area (Å²) < 4.78 is 11.2. The molecule has 0 atom stereocenters. The Morgan fingerprint density at radius 2 is 2.00 bits per heavy atom. The van der Waals surface area contributed by atoms with Gasteiger partial charge in [-0.25, -0.2) is 4.98 Å². The summed E-state index contributed by atoms with van der Waals surface area (Å²) in [5, 5.41) is 3.31. The highest BCUT2D eigenvalue weighted by atomic mass is 16.5. The maximum Gasteiger partial charge on any atom is 0.227 e. The SMILES string of the molecule is COc1cc(C)c2nc(-c3ccc(NC(C)C)c(N)c3)oc2c1. The van der Waals surface area contributed by atoms with E-state index >= 15 is 0 Å². The molecule has 0 amide bonds. The Morgan fingerprint density at radius 3 is 2.65 bits per heavy atom. The van der Waals surface area contributed by atoms with Crippen LogP contribution in [0.4, 0.5) is 11.4 Å². The Bertz CT molecular complexity index is 853. The second-order valence-corrected chi connectivity index (χ2v) is 5.91. The Labute approximate surface area is 135 Å². The summed E-state index contributed by atoms with van der Waals surface area (Å²) in [7, 11) is 1.64. The lowest BCUT2D eigenvalue weighted by Crippen LogP contribution is -2.11. The van der Waals surface area contributed by atoms with Gasteiger partial charge in [0.05, 0.1) is 18.5 Å². The molecule has 0 saturated heterocycles. The van der Waals surface area contributed by atoms with E-state index in [4.69, 9.17) is 14.9 Å². The highest BCUT2D eigenvalue weighted by Crippen LogP contribution is 2.32. The third kappa shape index (κ3) is 2.95. The van der Waals surface area contributed by atoms with Crippen molar-refractivity contribution < 1.29 is 9.15 Å². The van der Waals surface area contributed by atoms with E-state index in [1.165, 1.54) is 0 Å². The van der Waals surface area contributed by atoms with Crippen molar-refractivity contribution in [3.8, 4) is 17.2 Å². The molecule has 23 heavy (non-hydrogen) atoms. The largest absolute Gasteiger partial charge is 0.497 e. The van der Waals surface area contributed by atoms with Crippen LogP contribution in [0.5, 0.6) is 5.75 Å². The predicted octanol–water partition coefficient (Wildman–Crippen LogP) is 4.21. The zero-order valence-electron chi connectivity index (χ0n) is 13.8. The fourth-order valence-corrected chi connectivity index (χ4v) is 2.54. The second-order valence-electron chi connectivity index (χ2n) is 5.91. The Balaban J connectivity index is 2.03. The topological polar surface area (TPSA) is 73.3 Å². The van der Waals surface area contributed by atoms with Crippen molar-refractivity contribution >= 4 is 22.5 Å². The van der Waals surface area contributed by atoms with Gasteiger partial charge in [0.15, 0.2) is 5.58 Å². The summed E-state index contributed by atoms with van der Waals surface area (Å²) in [6.07, 6.45) is 0. The standard InChI is InChI=1S/C18H21N3O2/c1-10(2)20-15-6-5-12(8-14(15)19)18-21-17-11(3)7-13(22-4)9-16(17)23-18/h5-10,20H,19H2,1-4H3. The van der Waals surface area contributed by atoms with Gasteiger partial charge < -0.3 is 20.2 Å². The van der Waals surface area contributed by atoms with Gasteiger partial charge in [-0.15, -0.1) is 0 Å². The number of ether oxygens (including phenoxy) is 1. The van der Waals surface area contributed by atoms with Crippen LogP contribution in [0, 0.1) is 6.92 Å². The molecule has 3 N–H and O–H groups in total. The second kappa shape index (κ2) is 5.83. The van der Waals surface area contributed by atoms with E-state index in [1.807, 2.05) is 37.3 Å². The zero-order chi connectivity index (χ0) is 16.6. The molecule has 0 aliphatic heterocycles. The lowest BCUT2D eigenvalue weighted by molar-refractivity contribution is 0.414. The van der Waals surface area contributed by atoms with Crippen LogP contribution in [0.15, 0.2) is 34.7 Å². The van der Waals surface area contributed by atoms with Gasteiger partial charge >= 0.3 is 0 Å². The van der Waals surface area contributed by atoms with Crippen LogP contribution in [-0.4, -0.2) is 18.1 Å². The lowest BCUT2D eigenvalue weighted by Gasteiger charge is -2.12. The highest BCUT2D eigenvalue weighted by molar-refractivity contribution is 5.82. The van der Waals surface area contributed by atoms with Crippen molar-refractivity contribution in [1.82, 2.24) is 4.98 Å². The molecule has 0 saturated carbocycles. The summed E-state index contributed by atoms with van der Waals surface area (Å²) >= 11 is 0. The average molecular weight is 311 g/mol. The van der Waals surface area contributed by atoms with Crippen LogP contribution in [0.25, 0.3) is 22.6 Å². The Hall–Kier alpha value is -2.69. The first-order valence-electron chi connectivity index (χ1n) is 7.59. The smallest absolute Gasteiger partial charge is 0.227 e. The van der Waals surface area contributed by atoms with Crippen molar-refractivity contribution in [1.29, 1.82) is 0 Å². The zero-order valence-corrected chi connectivity index (χ0v) is 13.8. The maximum absolute atomic E-state index is 6.12. The molecule has 1 aromatic heterocycles. The monoisotopic (exact) mass is 311 g/mol. The number of hydrogen-bond acceptors (Lipinski definition) is 5. The van der Waals surface area contributed by atoms with E-state index in [0.29, 0.717) is 23.2 Å². The minimum absolute atomic E-state index is 0.322. The number of methoxy groups -OCH3 is 1. The van der Waals surface area contributed by atoms with Crippen molar-refractivity contribution in [3.05, 3.63) is 35.9 Å². The van der Waals surface area contributed by atoms with Gasteiger partial charge in [0.2, 0.25) is 5.89 Å². The molecule has 2 aromatic carbocycles. The first-order chi connectivity index (χ1) is 11.0. The number of nitrogens with two attached hydrogens (primary N) is 1. The number of nitrogens with one attached hydrogen (secondary N) is 1. The first kappa shape index (κ1) is 15.2. The number of nitrogen functional groups attached to an aromatic ring is 1. The molecule has 0 aliphatic rings. The molecule has 3 aromatic rings. The van der Waals surface area contributed by atoms with Crippen LogP contribution in [0.3, 0.4) is 0 Å². The molecule has 0 radical (unpaired) electrons. The molecule has 0 fully saturated rings. The van der Waals surface area contributed by atoms with E-state index in [9.17, 15) is 0 Å². The molecule has 5 nitrogen and oxygen atoms in total. The first-order valence-corrected chi connectivity index (χ1v) is 7.59. The van der Waals surface area contributed by atoms with Crippen molar-refractivity contribution in [2.75, 3.05) is 18.2 Å². The van der Waals surface area contributed by atoms with E-state index in [0.717, 1.165) is 28.1 Å². The summed E-state index contributed by atoms with van der Waals surface area (Å²) in [6, 6.07) is 9.89. The molecule has 3 rings (SSSR count). The van der Waals surface area contributed by atoms with Gasteiger partial charge in [-0.3, -0.25) is 0 Å². The van der Waals surface area contributed by atoms with Gasteiger partial charge in [-0.2, -0.15) is 0 Å². The van der Waals surface area contributed by atoms with Crippen LogP contribution < -0.4 is 15.8 Å². The fourth-order valence-electron chi connectivity index (χ4n) is 2.54. The highest BCUT2D eigenvalue weighted by Gasteiger charge is 2.13. The third-order valence-electron chi connectivity index (χ3n) is 3.64. The molecule has 120 valence electrons. The minimum Gasteiger partial charge on any atom is -0.497 e. The van der Waals surface area contributed by atoms with Gasteiger partial charge in [0.25, 0.3) is 0 Å². The fraction of sp³-hybridized carbons (Fsp3) is 0.278. The van der Waals surface area contributed by atoms with E-state index in [1.54, 1.807) is 7.11 Å². The molecule has 0 spiro atoms. The number of aryl methyl sites for hydroxylation is 1. The van der Waals surface area contributed by atoms with Gasteiger partial charge in [-0.05, 0) is 50.6 Å². The molecule has 0 aliphatic carbocycles. The van der Waals surface area contributed by atoms with Crippen molar-refractivity contribution in [3.63, 3.8) is 0 Å². The molecule has 0 unspecified atom stereocenters. The van der Waals surface area contributed by atoms with Gasteiger partial charge in [0.1, 0.15) is 11.3 Å². The minimum atomic E-state index is 0.322. The summed E-state index contributed by atoms with van der Waals surface area (Å²) in [5.41, 5.74) is 11.1. The summed E-state index contributed by atoms with van der Waals surface area (Å²) in [4.78, 5) is 4.59. The van der Waals surface area contributed by atoms with E-state index < -0.39 is 0 Å². The number of oxazole rings is 1. The van der Waals surface area contributed by atoms with Gasteiger partial charge in [-0.1, -0.05) is 0 Å². The quantitative estimate of drug-likeness (QED) is 0.706. The number of aromatic nitrogens is 1. The number of hydrogen-bond donors (Lipinski definition) is 2. The normalized spacial score (nSPS) is 11.2. The number of rotatable bonds is 4. The summed E-state index contributed by atoms with van der Waals surface area (Å²) in [6.45, 7) is 6.13. The molecule has 5 heteroatoms. The van der Waals surface area contributed by atoms with E-state index in [-0.39, 0.29) is 0 Å². The Kier molecular flexibility index (Phi) is 3.86. The van der Waals surface area contributed by atoms with E-state index in [2.05, 4.69) is 24.1 Å². The molecule has 0 bridgehead atoms. The van der Waals surface area contributed by atoms with Crippen LogP contribution in [0.2, 0.25) is 0 Å². The van der Waals surface area contributed by atoms with Gasteiger partial charge in [0, 0.05) is 17.7 Å². The predicted molar refractivity (Wildman–Crippen MR) is 93.9 cm³/mol. The summed E-state index contributed by atoms with van der Waals surface area (Å²) in [5.74, 6) is 1.31. The molecular weight excluding hydrogens is 290 g/mol. The van der Waals surface area contributed by atoms with Crippen molar-refractivity contribution in [2.24, 2.45) is 0 Å². The number of anilines is 2. The Morgan fingerprint density at radius 1 is 1.22 bits per heavy atom. The number of nitrogens with zero attached hydrogens (tertiary/aromatic N) is 1. The van der Waals surface area contributed by atoms with Crippen molar-refractivity contribution in [2.45, 2.75) is 26.8 Å². The lowest BCUT2D eigenvalue weighted by atomic mass is 10.1. The van der Waals surface area contributed by atoms with Crippen LogP contribution in [-0.2, 0) is 0 Å². The molecular formula is C18H21N3O2. The maximum atomic E-state index is 6.12. The van der Waals surface area contributed by atoms with Crippen LogP contribution >= 0.6 is 0 Å².